The molecule has 0 unspecified atom stereocenters. The molecule has 112 valence electrons. The highest BCUT2D eigenvalue weighted by Crippen LogP contribution is 2.39. The Morgan fingerprint density at radius 1 is 1.38 bits per heavy atom. The van der Waals surface area contributed by atoms with Gasteiger partial charge >= 0.3 is 0 Å². The van der Waals surface area contributed by atoms with Crippen LogP contribution in [0.15, 0.2) is 28.8 Å². The summed E-state index contributed by atoms with van der Waals surface area (Å²) in [5.74, 6) is 1.79. The number of benzene rings is 1. The quantitative estimate of drug-likeness (QED) is 0.909. The zero-order valence-electron chi connectivity index (χ0n) is 12.0. The number of nitrogens with two attached hydrogens (primary N) is 1. The van der Waals surface area contributed by atoms with E-state index < -0.39 is 0 Å². The van der Waals surface area contributed by atoms with Crippen LogP contribution in [0, 0.1) is 5.92 Å². The van der Waals surface area contributed by atoms with E-state index in [1.54, 1.807) is 0 Å². The minimum atomic E-state index is 0.393. The van der Waals surface area contributed by atoms with Crippen LogP contribution in [0.2, 0.25) is 5.02 Å². The Balaban J connectivity index is 1.78. The number of halogens is 1. The van der Waals surface area contributed by atoms with Crippen LogP contribution < -0.4 is 5.73 Å². The lowest BCUT2D eigenvalue weighted by Crippen LogP contribution is -2.32. The molecule has 1 aliphatic carbocycles. The molecule has 1 saturated carbocycles. The smallest absolute Gasteiger partial charge is 0.175 e. The van der Waals surface area contributed by atoms with Crippen LogP contribution in [0.3, 0.4) is 0 Å². The van der Waals surface area contributed by atoms with Gasteiger partial charge in [0.1, 0.15) is 5.76 Å². The SMILES string of the molecule is CCOC1CC(Cc2onc(N)c2-c2ccccc2Cl)C1. The van der Waals surface area contributed by atoms with Crippen molar-refractivity contribution in [2.45, 2.75) is 32.3 Å². The molecule has 3 rings (SSSR count). The van der Waals surface area contributed by atoms with Crippen molar-refractivity contribution in [3.05, 3.63) is 35.0 Å². The van der Waals surface area contributed by atoms with E-state index >= 15 is 0 Å². The van der Waals surface area contributed by atoms with Crippen molar-refractivity contribution in [2.75, 3.05) is 12.3 Å². The molecule has 1 aromatic carbocycles. The molecule has 0 bridgehead atoms. The molecule has 0 aliphatic heterocycles. The average molecular weight is 307 g/mol. The molecular weight excluding hydrogens is 288 g/mol. The lowest BCUT2D eigenvalue weighted by Gasteiger charge is -2.34. The van der Waals surface area contributed by atoms with Crippen LogP contribution in [0.25, 0.3) is 11.1 Å². The van der Waals surface area contributed by atoms with E-state index in [-0.39, 0.29) is 0 Å². The Morgan fingerprint density at radius 2 is 2.14 bits per heavy atom. The van der Waals surface area contributed by atoms with Gasteiger partial charge < -0.3 is 15.0 Å². The van der Waals surface area contributed by atoms with Gasteiger partial charge in [-0.3, -0.25) is 0 Å². The van der Waals surface area contributed by atoms with Crippen LogP contribution in [0.1, 0.15) is 25.5 Å². The molecule has 1 aromatic heterocycles. The third-order valence-corrected chi connectivity index (χ3v) is 4.33. The van der Waals surface area contributed by atoms with Gasteiger partial charge in [0.15, 0.2) is 5.82 Å². The van der Waals surface area contributed by atoms with Gasteiger partial charge in [-0.05, 0) is 31.7 Å². The van der Waals surface area contributed by atoms with Gasteiger partial charge in [0.25, 0.3) is 0 Å². The second-order valence-electron chi connectivity index (χ2n) is 5.46. The molecule has 1 heterocycles. The second-order valence-corrected chi connectivity index (χ2v) is 5.87. The molecule has 0 atom stereocenters. The van der Waals surface area contributed by atoms with Gasteiger partial charge in [0.2, 0.25) is 0 Å². The number of anilines is 1. The topological polar surface area (TPSA) is 61.3 Å². The Labute approximate surface area is 129 Å². The van der Waals surface area contributed by atoms with Crippen molar-refractivity contribution in [3.63, 3.8) is 0 Å². The van der Waals surface area contributed by atoms with Crippen LogP contribution in [-0.2, 0) is 11.2 Å². The summed E-state index contributed by atoms with van der Waals surface area (Å²) in [6.45, 7) is 2.80. The molecule has 1 aliphatic rings. The van der Waals surface area contributed by atoms with Crippen molar-refractivity contribution in [2.24, 2.45) is 5.92 Å². The zero-order chi connectivity index (χ0) is 14.8. The van der Waals surface area contributed by atoms with Gasteiger partial charge in [-0.1, -0.05) is 35.0 Å². The van der Waals surface area contributed by atoms with Crippen LogP contribution in [0.4, 0.5) is 5.82 Å². The van der Waals surface area contributed by atoms with Gasteiger partial charge in [-0.15, -0.1) is 0 Å². The molecule has 5 heteroatoms. The van der Waals surface area contributed by atoms with E-state index in [1.807, 2.05) is 31.2 Å². The zero-order valence-corrected chi connectivity index (χ0v) is 12.8. The first-order chi connectivity index (χ1) is 10.2. The largest absolute Gasteiger partial charge is 0.380 e. The maximum Gasteiger partial charge on any atom is 0.175 e. The summed E-state index contributed by atoms with van der Waals surface area (Å²) in [5, 5.41) is 4.58. The van der Waals surface area contributed by atoms with Gasteiger partial charge in [-0.2, -0.15) is 0 Å². The van der Waals surface area contributed by atoms with Crippen LogP contribution in [0.5, 0.6) is 0 Å². The summed E-state index contributed by atoms with van der Waals surface area (Å²) < 4.78 is 11.0. The molecule has 0 spiro atoms. The van der Waals surface area contributed by atoms with E-state index in [0.29, 0.717) is 22.9 Å². The number of ether oxygens (including phenoxy) is 1. The van der Waals surface area contributed by atoms with Crippen molar-refractivity contribution >= 4 is 17.4 Å². The maximum absolute atomic E-state index is 6.26. The summed E-state index contributed by atoms with van der Waals surface area (Å²) in [5.41, 5.74) is 7.68. The predicted octanol–water partition coefficient (Wildman–Crippen LogP) is 3.93. The number of nitrogen functional groups attached to an aromatic ring is 1. The molecule has 0 saturated heterocycles. The molecule has 21 heavy (non-hydrogen) atoms. The minimum Gasteiger partial charge on any atom is -0.380 e. The molecule has 2 aromatic rings. The molecular formula is C16H19ClN2O2. The molecule has 1 fully saturated rings. The number of aromatic nitrogens is 1. The molecule has 4 nitrogen and oxygen atoms in total. The Hall–Kier alpha value is -1.52. The monoisotopic (exact) mass is 306 g/mol. The van der Waals surface area contributed by atoms with Gasteiger partial charge in [-0.25, -0.2) is 0 Å². The Bertz CT molecular complexity index is 620. The van der Waals surface area contributed by atoms with Crippen molar-refractivity contribution < 1.29 is 9.26 Å². The number of nitrogens with zero attached hydrogens (tertiary/aromatic N) is 1. The van der Waals surface area contributed by atoms with Crippen LogP contribution >= 0.6 is 11.6 Å². The van der Waals surface area contributed by atoms with E-state index in [0.717, 1.165) is 42.8 Å². The fourth-order valence-corrected chi connectivity index (χ4v) is 3.14. The lowest BCUT2D eigenvalue weighted by atomic mass is 9.79. The standard InChI is InChI=1S/C16H19ClN2O2/c1-2-20-11-7-10(8-11)9-14-15(16(18)19-21-14)12-5-3-4-6-13(12)17/h3-6,10-11H,2,7-9H2,1H3,(H2,18,19). The number of hydrogen-bond donors (Lipinski definition) is 1. The van der Waals surface area contributed by atoms with Gasteiger partial charge in [0.05, 0.1) is 11.7 Å². The molecule has 2 N–H and O–H groups in total. The van der Waals surface area contributed by atoms with Gasteiger partial charge in [0, 0.05) is 23.6 Å². The normalized spacial score (nSPS) is 21.2. The third kappa shape index (κ3) is 2.92. The summed E-state index contributed by atoms with van der Waals surface area (Å²) in [6.07, 6.45) is 3.35. The Kier molecular flexibility index (Phi) is 4.17. The van der Waals surface area contributed by atoms with E-state index in [1.165, 1.54) is 0 Å². The van der Waals surface area contributed by atoms with Crippen molar-refractivity contribution in [1.29, 1.82) is 0 Å². The highest BCUT2D eigenvalue weighted by Gasteiger charge is 2.32. The summed E-state index contributed by atoms with van der Waals surface area (Å²) in [6, 6.07) is 7.62. The molecule has 0 radical (unpaired) electrons. The summed E-state index contributed by atoms with van der Waals surface area (Å²) in [4.78, 5) is 0. The van der Waals surface area contributed by atoms with Crippen LogP contribution in [-0.4, -0.2) is 17.9 Å². The third-order valence-electron chi connectivity index (χ3n) is 4.00. The Morgan fingerprint density at radius 3 is 2.86 bits per heavy atom. The fraction of sp³-hybridized carbons (Fsp3) is 0.438. The first-order valence-corrected chi connectivity index (χ1v) is 7.67. The average Bonchev–Trinajstić information content (AvgIpc) is 2.78. The van der Waals surface area contributed by atoms with E-state index in [4.69, 9.17) is 26.6 Å². The van der Waals surface area contributed by atoms with E-state index in [2.05, 4.69) is 5.16 Å². The highest BCUT2D eigenvalue weighted by atomic mass is 35.5. The minimum absolute atomic E-state index is 0.393. The van der Waals surface area contributed by atoms with E-state index in [9.17, 15) is 0 Å². The van der Waals surface area contributed by atoms with Crippen molar-refractivity contribution in [3.8, 4) is 11.1 Å². The molecule has 0 amide bonds. The fourth-order valence-electron chi connectivity index (χ4n) is 2.91. The summed E-state index contributed by atoms with van der Waals surface area (Å²) in [7, 11) is 0. The number of rotatable bonds is 5. The second kappa shape index (κ2) is 6.08. The maximum atomic E-state index is 6.26. The predicted molar refractivity (Wildman–Crippen MR) is 83.2 cm³/mol. The first-order valence-electron chi connectivity index (χ1n) is 7.29. The number of hydrogen-bond acceptors (Lipinski definition) is 4. The highest BCUT2D eigenvalue weighted by molar-refractivity contribution is 6.33. The van der Waals surface area contributed by atoms with Crippen molar-refractivity contribution in [1.82, 2.24) is 5.16 Å². The summed E-state index contributed by atoms with van der Waals surface area (Å²) >= 11 is 6.26. The first kappa shape index (κ1) is 14.4. The lowest BCUT2D eigenvalue weighted by molar-refractivity contribution is -0.0254.